The molecule has 0 bridgehead atoms. The van der Waals surface area contributed by atoms with Gasteiger partial charge in [0.25, 0.3) is 10.0 Å². The zero-order chi connectivity index (χ0) is 13.2. The van der Waals surface area contributed by atoms with Gasteiger partial charge in [-0.2, -0.15) is 0 Å². The Balaban J connectivity index is 1.93. The maximum absolute atomic E-state index is 11.8. The zero-order valence-electron chi connectivity index (χ0n) is 9.76. The lowest BCUT2D eigenvalue weighted by molar-refractivity contribution is 0.0656. The molecule has 1 fully saturated rings. The molecular weight excluding hydrogens is 258 g/mol. The summed E-state index contributed by atoms with van der Waals surface area (Å²) < 4.78 is 30.7. The number of sulfonamides is 1. The van der Waals surface area contributed by atoms with Crippen LogP contribution in [0, 0.1) is 5.92 Å². The molecule has 0 aromatic carbocycles. The summed E-state index contributed by atoms with van der Waals surface area (Å²) in [5, 5.41) is 8.29. The molecule has 2 N–H and O–H groups in total. The summed E-state index contributed by atoms with van der Waals surface area (Å²) in [7, 11) is -3.73. The number of hydrogen-bond donors (Lipinski definition) is 2. The third kappa shape index (κ3) is 2.91. The number of carbonyl (C=O) groups is 1. The molecular formula is C11H15NO5S. The molecule has 1 aliphatic carbocycles. The van der Waals surface area contributed by atoms with Crippen LogP contribution in [0.15, 0.2) is 21.6 Å². The normalized spacial score (nSPS) is 16.4. The predicted octanol–water partition coefficient (Wildman–Crippen LogP) is 1.45. The first-order valence-corrected chi connectivity index (χ1v) is 7.30. The Morgan fingerprint density at radius 2 is 2.17 bits per heavy atom. The molecule has 1 aliphatic rings. The number of nitrogens with one attached hydrogen (secondary N) is 1. The lowest BCUT2D eigenvalue weighted by atomic mass is 9.83. The Kier molecular flexibility index (Phi) is 3.72. The van der Waals surface area contributed by atoms with Gasteiger partial charge in [0, 0.05) is 6.54 Å². The van der Waals surface area contributed by atoms with Crippen LogP contribution >= 0.6 is 0 Å². The highest BCUT2D eigenvalue weighted by Gasteiger charge is 2.22. The number of hydrogen-bond acceptors (Lipinski definition) is 4. The van der Waals surface area contributed by atoms with Gasteiger partial charge in [0.2, 0.25) is 10.9 Å². The number of furan rings is 1. The molecule has 0 atom stereocenters. The minimum Gasteiger partial charge on any atom is -0.475 e. The van der Waals surface area contributed by atoms with Crippen LogP contribution in [0.3, 0.4) is 0 Å². The molecule has 100 valence electrons. The summed E-state index contributed by atoms with van der Waals surface area (Å²) >= 11 is 0. The van der Waals surface area contributed by atoms with E-state index in [2.05, 4.69) is 4.72 Å². The second-order valence-corrected chi connectivity index (χ2v) is 6.11. The molecule has 0 aliphatic heterocycles. The maximum Gasteiger partial charge on any atom is 0.371 e. The van der Waals surface area contributed by atoms with E-state index in [0.29, 0.717) is 12.5 Å². The second-order valence-electron chi connectivity index (χ2n) is 4.41. The van der Waals surface area contributed by atoms with Crippen LogP contribution in [0.5, 0.6) is 0 Å². The fraction of sp³-hybridized carbons (Fsp3) is 0.545. The Labute approximate surface area is 105 Å². The summed E-state index contributed by atoms with van der Waals surface area (Å²) in [6.45, 7) is 0.357. The van der Waals surface area contributed by atoms with E-state index < -0.39 is 16.0 Å². The molecule has 1 heterocycles. The smallest absolute Gasteiger partial charge is 0.371 e. The fourth-order valence-corrected chi connectivity index (χ4v) is 2.81. The van der Waals surface area contributed by atoms with Gasteiger partial charge in [0.15, 0.2) is 0 Å². The zero-order valence-corrected chi connectivity index (χ0v) is 10.6. The van der Waals surface area contributed by atoms with Gasteiger partial charge in [-0.25, -0.2) is 17.9 Å². The predicted molar refractivity (Wildman–Crippen MR) is 62.8 cm³/mol. The minimum absolute atomic E-state index is 0.353. The van der Waals surface area contributed by atoms with Gasteiger partial charge in [0.05, 0.1) is 0 Å². The Bertz CT molecular complexity index is 529. The molecule has 0 saturated heterocycles. The summed E-state index contributed by atoms with van der Waals surface area (Å²) in [6, 6.07) is 2.28. The highest BCUT2D eigenvalue weighted by atomic mass is 32.2. The number of carboxylic acid groups (broad SMARTS) is 1. The third-order valence-corrected chi connectivity index (χ3v) is 4.46. The van der Waals surface area contributed by atoms with Gasteiger partial charge in [-0.15, -0.1) is 0 Å². The molecule has 2 rings (SSSR count). The van der Waals surface area contributed by atoms with E-state index in [1.165, 1.54) is 6.42 Å². The first-order chi connectivity index (χ1) is 8.49. The van der Waals surface area contributed by atoms with Crippen LogP contribution < -0.4 is 4.72 Å². The van der Waals surface area contributed by atoms with E-state index in [1.54, 1.807) is 0 Å². The van der Waals surface area contributed by atoms with Crippen molar-refractivity contribution < 1.29 is 22.7 Å². The Hall–Kier alpha value is -1.34. The van der Waals surface area contributed by atoms with Crippen LogP contribution in [0.2, 0.25) is 0 Å². The van der Waals surface area contributed by atoms with Crippen molar-refractivity contribution in [2.24, 2.45) is 5.92 Å². The van der Waals surface area contributed by atoms with Crippen molar-refractivity contribution in [3.63, 3.8) is 0 Å². The molecule has 0 amide bonds. The van der Waals surface area contributed by atoms with Crippen molar-refractivity contribution in [2.45, 2.75) is 30.8 Å². The average molecular weight is 273 g/mol. The van der Waals surface area contributed by atoms with Gasteiger partial charge in [-0.1, -0.05) is 19.3 Å². The molecule has 0 radical (unpaired) electrons. The maximum atomic E-state index is 11.8. The van der Waals surface area contributed by atoms with Crippen LogP contribution in [-0.4, -0.2) is 26.0 Å². The van der Waals surface area contributed by atoms with Gasteiger partial charge in [-0.05, 0) is 24.5 Å². The van der Waals surface area contributed by atoms with Crippen molar-refractivity contribution in [3.05, 3.63) is 17.9 Å². The fourth-order valence-electron chi connectivity index (χ4n) is 1.83. The Morgan fingerprint density at radius 1 is 1.44 bits per heavy atom. The van der Waals surface area contributed by atoms with Crippen LogP contribution in [0.1, 0.15) is 36.2 Å². The van der Waals surface area contributed by atoms with Crippen LogP contribution in [0.4, 0.5) is 0 Å². The minimum atomic E-state index is -3.73. The summed E-state index contributed by atoms with van der Waals surface area (Å²) in [5.41, 5.74) is 0. The highest BCUT2D eigenvalue weighted by Crippen LogP contribution is 2.28. The lowest BCUT2D eigenvalue weighted by Crippen LogP contribution is -2.27. The number of rotatable bonds is 6. The molecule has 18 heavy (non-hydrogen) atoms. The third-order valence-electron chi connectivity index (χ3n) is 3.13. The molecule has 7 heteroatoms. The van der Waals surface area contributed by atoms with Crippen molar-refractivity contribution in [2.75, 3.05) is 6.54 Å². The van der Waals surface area contributed by atoms with E-state index in [4.69, 9.17) is 9.52 Å². The Morgan fingerprint density at radius 3 is 2.67 bits per heavy atom. The number of carboxylic acids is 1. The van der Waals surface area contributed by atoms with Crippen LogP contribution in [-0.2, 0) is 10.0 Å². The highest BCUT2D eigenvalue weighted by molar-refractivity contribution is 7.89. The van der Waals surface area contributed by atoms with Crippen molar-refractivity contribution in [3.8, 4) is 0 Å². The van der Waals surface area contributed by atoms with E-state index in [0.717, 1.165) is 31.4 Å². The van der Waals surface area contributed by atoms with Crippen molar-refractivity contribution >= 4 is 16.0 Å². The first kappa shape index (κ1) is 13.1. The summed E-state index contributed by atoms with van der Waals surface area (Å²) in [6.07, 6.45) is 4.35. The van der Waals surface area contributed by atoms with E-state index in [1.807, 2.05) is 0 Å². The van der Waals surface area contributed by atoms with E-state index >= 15 is 0 Å². The first-order valence-electron chi connectivity index (χ1n) is 5.82. The molecule has 1 saturated carbocycles. The molecule has 0 unspecified atom stereocenters. The standard InChI is InChI=1S/C11H15NO5S/c13-11(14)9-4-5-10(17-9)18(15,16)12-7-6-8-2-1-3-8/h4-5,8,12H,1-3,6-7H2,(H,13,14). The lowest BCUT2D eigenvalue weighted by Gasteiger charge is -2.24. The second kappa shape index (κ2) is 5.11. The van der Waals surface area contributed by atoms with E-state index in [9.17, 15) is 13.2 Å². The molecule has 0 spiro atoms. The topological polar surface area (TPSA) is 96.6 Å². The van der Waals surface area contributed by atoms with Gasteiger partial charge in [-0.3, -0.25) is 0 Å². The quantitative estimate of drug-likeness (QED) is 0.817. The summed E-state index contributed by atoms with van der Waals surface area (Å²) in [5.74, 6) is -1.06. The SMILES string of the molecule is O=C(O)c1ccc(S(=O)(=O)NCCC2CCC2)o1. The number of aromatic carboxylic acids is 1. The molecule has 1 aromatic rings. The van der Waals surface area contributed by atoms with Gasteiger partial charge in [0.1, 0.15) is 0 Å². The van der Waals surface area contributed by atoms with Crippen LogP contribution in [0.25, 0.3) is 0 Å². The largest absolute Gasteiger partial charge is 0.475 e. The molecule has 1 aromatic heterocycles. The van der Waals surface area contributed by atoms with Crippen molar-refractivity contribution in [1.29, 1.82) is 0 Å². The van der Waals surface area contributed by atoms with Crippen molar-refractivity contribution in [1.82, 2.24) is 4.72 Å². The van der Waals surface area contributed by atoms with Gasteiger partial charge < -0.3 is 9.52 Å². The summed E-state index contributed by atoms with van der Waals surface area (Å²) in [4.78, 5) is 10.6. The van der Waals surface area contributed by atoms with E-state index in [-0.39, 0.29) is 10.9 Å². The molecule has 6 nitrogen and oxygen atoms in total. The monoisotopic (exact) mass is 273 g/mol. The average Bonchev–Trinajstić information content (AvgIpc) is 2.71. The van der Waals surface area contributed by atoms with Gasteiger partial charge >= 0.3 is 5.97 Å².